The molecule has 120 valence electrons. The smallest absolute Gasteiger partial charge is 0.195 e. The van der Waals surface area contributed by atoms with Gasteiger partial charge in [-0.05, 0) is 24.1 Å². The molecule has 2 atom stereocenters. The lowest BCUT2D eigenvalue weighted by Crippen LogP contribution is -2.12. The van der Waals surface area contributed by atoms with Gasteiger partial charge in [-0.1, -0.05) is 78.5 Å². The van der Waals surface area contributed by atoms with E-state index < -0.39 is 0 Å². The summed E-state index contributed by atoms with van der Waals surface area (Å²) in [7, 11) is 0. The van der Waals surface area contributed by atoms with Crippen molar-refractivity contribution in [3.05, 3.63) is 89.4 Å². The van der Waals surface area contributed by atoms with Crippen molar-refractivity contribution in [2.75, 3.05) is 6.61 Å². The predicted molar refractivity (Wildman–Crippen MR) is 100 cm³/mol. The Labute approximate surface area is 147 Å². The number of aliphatic imine (C=N–C) groups is 1. The van der Waals surface area contributed by atoms with Gasteiger partial charge in [-0.3, -0.25) is 0 Å². The van der Waals surface area contributed by atoms with Crippen molar-refractivity contribution in [2.45, 2.75) is 17.4 Å². The fraction of sp³-hybridized carbons (Fsp3) is 0.190. The zero-order valence-corrected chi connectivity index (χ0v) is 14.2. The molecule has 0 fully saturated rings. The van der Waals surface area contributed by atoms with Crippen molar-refractivity contribution in [1.82, 2.24) is 0 Å². The molecule has 0 saturated carbocycles. The van der Waals surface area contributed by atoms with Gasteiger partial charge in [0.15, 0.2) is 5.90 Å². The van der Waals surface area contributed by atoms with Crippen molar-refractivity contribution < 1.29 is 4.74 Å². The minimum atomic E-state index is 0.163. The van der Waals surface area contributed by atoms with Crippen LogP contribution in [0.1, 0.15) is 5.56 Å². The summed E-state index contributed by atoms with van der Waals surface area (Å²) in [5.41, 5.74) is 1.31. The summed E-state index contributed by atoms with van der Waals surface area (Å²) in [6, 6.07) is 21.2. The van der Waals surface area contributed by atoms with Gasteiger partial charge in [0.05, 0.1) is 12.0 Å². The third kappa shape index (κ3) is 3.46. The number of rotatable bonds is 5. The van der Waals surface area contributed by atoms with Crippen LogP contribution in [0.25, 0.3) is 0 Å². The van der Waals surface area contributed by atoms with Crippen LogP contribution in [0.15, 0.2) is 93.7 Å². The molecule has 0 bridgehead atoms. The summed E-state index contributed by atoms with van der Waals surface area (Å²) < 4.78 is 5.93. The highest BCUT2D eigenvalue weighted by molar-refractivity contribution is 8.03. The number of thioether (sulfide) groups is 1. The Balaban J connectivity index is 1.44. The Hall–Kier alpha value is -2.26. The molecule has 24 heavy (non-hydrogen) atoms. The molecule has 2 aromatic carbocycles. The molecule has 1 heterocycles. The van der Waals surface area contributed by atoms with Gasteiger partial charge in [-0.2, -0.15) is 0 Å². The predicted octanol–water partition coefficient (Wildman–Crippen LogP) is 4.89. The van der Waals surface area contributed by atoms with E-state index in [1.165, 1.54) is 15.4 Å². The Morgan fingerprint density at radius 1 is 1.00 bits per heavy atom. The van der Waals surface area contributed by atoms with E-state index in [1.807, 2.05) is 12.1 Å². The van der Waals surface area contributed by atoms with E-state index in [0.29, 0.717) is 6.61 Å². The average molecular weight is 333 g/mol. The third-order valence-electron chi connectivity index (χ3n) is 4.16. The minimum absolute atomic E-state index is 0.163. The highest BCUT2D eigenvalue weighted by Gasteiger charge is 2.29. The van der Waals surface area contributed by atoms with E-state index in [2.05, 4.69) is 66.8 Å². The lowest BCUT2D eigenvalue weighted by atomic mass is 10.1. The summed E-state index contributed by atoms with van der Waals surface area (Å²) >= 11 is 1.79. The first-order valence-corrected chi connectivity index (χ1v) is 9.06. The maximum atomic E-state index is 5.93. The van der Waals surface area contributed by atoms with Gasteiger partial charge < -0.3 is 4.74 Å². The summed E-state index contributed by atoms with van der Waals surface area (Å²) in [6.07, 6.45) is 7.38. The first-order valence-electron chi connectivity index (χ1n) is 8.24. The zero-order chi connectivity index (χ0) is 16.2. The van der Waals surface area contributed by atoms with Crippen LogP contribution in [0.5, 0.6) is 0 Å². The molecule has 2 aromatic rings. The number of nitrogens with zero attached hydrogens (tertiary/aromatic N) is 1. The van der Waals surface area contributed by atoms with Gasteiger partial charge in [0, 0.05) is 9.80 Å². The minimum Gasteiger partial charge on any atom is -0.478 e. The molecular formula is C21H19NOS. The summed E-state index contributed by atoms with van der Waals surface area (Å²) in [6.45, 7) is 0.678. The Morgan fingerprint density at radius 3 is 2.54 bits per heavy atom. The molecule has 2 aliphatic rings. The van der Waals surface area contributed by atoms with Crippen LogP contribution >= 0.6 is 11.8 Å². The maximum absolute atomic E-state index is 5.93. The first-order chi connectivity index (χ1) is 11.9. The van der Waals surface area contributed by atoms with Crippen LogP contribution < -0.4 is 0 Å². The molecule has 3 heteroatoms. The third-order valence-corrected chi connectivity index (χ3v) is 5.30. The Bertz CT molecular complexity index is 780. The zero-order valence-electron chi connectivity index (χ0n) is 13.3. The Kier molecular flexibility index (Phi) is 4.52. The maximum Gasteiger partial charge on any atom is 0.195 e. The van der Waals surface area contributed by atoms with Gasteiger partial charge in [-0.25, -0.2) is 4.99 Å². The van der Waals surface area contributed by atoms with E-state index in [1.54, 1.807) is 11.8 Å². The molecule has 2 nitrogen and oxygen atoms in total. The number of hydrogen-bond donors (Lipinski definition) is 0. The number of hydrogen-bond acceptors (Lipinski definition) is 3. The molecule has 0 N–H and O–H groups in total. The highest BCUT2D eigenvalue weighted by Crippen LogP contribution is 2.37. The van der Waals surface area contributed by atoms with Crippen molar-refractivity contribution in [3.8, 4) is 0 Å². The molecule has 0 spiro atoms. The average Bonchev–Trinajstić information content (AvgIpc) is 3.26. The van der Waals surface area contributed by atoms with E-state index in [4.69, 9.17) is 9.73 Å². The second-order valence-corrected chi connectivity index (χ2v) is 7.12. The molecule has 1 aliphatic carbocycles. The summed E-state index contributed by atoms with van der Waals surface area (Å²) in [5, 5.41) is 0. The quantitative estimate of drug-likeness (QED) is 0.777. The molecular weight excluding hydrogens is 314 g/mol. The van der Waals surface area contributed by atoms with Crippen LogP contribution in [0.4, 0.5) is 0 Å². The Morgan fingerprint density at radius 2 is 1.75 bits per heavy atom. The molecule has 4 rings (SSSR count). The van der Waals surface area contributed by atoms with Gasteiger partial charge in [0.1, 0.15) is 6.61 Å². The van der Waals surface area contributed by atoms with Gasteiger partial charge in [0.25, 0.3) is 0 Å². The van der Waals surface area contributed by atoms with Gasteiger partial charge in [-0.15, -0.1) is 0 Å². The largest absolute Gasteiger partial charge is 0.478 e. The highest BCUT2D eigenvalue weighted by atomic mass is 32.2. The van der Waals surface area contributed by atoms with E-state index >= 15 is 0 Å². The molecule has 0 amide bonds. The van der Waals surface area contributed by atoms with E-state index in [-0.39, 0.29) is 12.0 Å². The summed E-state index contributed by atoms with van der Waals surface area (Å²) in [4.78, 5) is 7.37. The molecule has 0 saturated heterocycles. The van der Waals surface area contributed by atoms with Crippen LogP contribution in [-0.2, 0) is 11.2 Å². The SMILES string of the molecule is C1=CC(C2=N[C@@H](Cc3ccccc3)CO2)C(Sc2ccccc2)=C1. The van der Waals surface area contributed by atoms with Crippen LogP contribution in [0.2, 0.25) is 0 Å². The number of allylic oxidation sites excluding steroid dienone is 2. The molecule has 1 aliphatic heterocycles. The number of ether oxygens (including phenoxy) is 1. The van der Waals surface area contributed by atoms with Gasteiger partial charge in [0.2, 0.25) is 0 Å². The fourth-order valence-corrected chi connectivity index (χ4v) is 4.00. The van der Waals surface area contributed by atoms with Crippen LogP contribution in [-0.4, -0.2) is 18.5 Å². The second kappa shape index (κ2) is 7.10. The lowest BCUT2D eigenvalue weighted by molar-refractivity contribution is 0.306. The van der Waals surface area contributed by atoms with Crippen molar-refractivity contribution in [2.24, 2.45) is 10.9 Å². The summed E-state index contributed by atoms with van der Waals surface area (Å²) in [5.74, 6) is 1.02. The standard InChI is InChI=1S/C21H19NOS/c1-3-8-16(9-4-1)14-17-15-23-21(22-17)19-12-7-13-20(19)24-18-10-5-2-6-11-18/h1-13,17,19H,14-15H2/t17-,19?/m0/s1. The van der Waals surface area contributed by atoms with Crippen LogP contribution in [0, 0.1) is 5.92 Å². The monoisotopic (exact) mass is 333 g/mol. The molecule has 0 radical (unpaired) electrons. The van der Waals surface area contributed by atoms with E-state index in [0.717, 1.165) is 12.3 Å². The lowest BCUT2D eigenvalue weighted by Gasteiger charge is -2.13. The van der Waals surface area contributed by atoms with Crippen molar-refractivity contribution in [3.63, 3.8) is 0 Å². The van der Waals surface area contributed by atoms with Crippen LogP contribution in [0.3, 0.4) is 0 Å². The number of benzene rings is 2. The van der Waals surface area contributed by atoms with E-state index in [9.17, 15) is 0 Å². The fourth-order valence-electron chi connectivity index (χ4n) is 2.98. The first kappa shape index (κ1) is 15.3. The second-order valence-electron chi connectivity index (χ2n) is 5.97. The van der Waals surface area contributed by atoms with Gasteiger partial charge >= 0.3 is 0 Å². The normalized spacial score (nSPS) is 22.2. The molecule has 0 aromatic heterocycles. The van der Waals surface area contributed by atoms with Crippen molar-refractivity contribution in [1.29, 1.82) is 0 Å². The topological polar surface area (TPSA) is 21.6 Å². The van der Waals surface area contributed by atoms with Crippen molar-refractivity contribution >= 4 is 17.7 Å². The molecule has 1 unspecified atom stereocenters.